The van der Waals surface area contributed by atoms with Gasteiger partial charge in [0.05, 0.1) is 24.4 Å². The molecule has 0 unspecified atom stereocenters. The standard InChI is InChI=1S/C13H15ClN4O2/c14-12-8-16-4-2-10(12)9-18-13(19)6-11(7-17-18)20-5-1-3-15/h2,4,6-8H,1,3,5,9,15H2. The van der Waals surface area contributed by atoms with Crippen LogP contribution in [0.4, 0.5) is 0 Å². The summed E-state index contributed by atoms with van der Waals surface area (Å²) in [7, 11) is 0. The minimum Gasteiger partial charge on any atom is -0.492 e. The van der Waals surface area contributed by atoms with Crippen LogP contribution in [0, 0.1) is 0 Å². The molecular formula is C13H15ClN4O2. The van der Waals surface area contributed by atoms with E-state index >= 15 is 0 Å². The molecule has 0 aliphatic rings. The summed E-state index contributed by atoms with van der Waals surface area (Å²) in [6, 6.07) is 3.15. The number of pyridine rings is 1. The summed E-state index contributed by atoms with van der Waals surface area (Å²) >= 11 is 6.00. The fourth-order valence-electron chi connectivity index (χ4n) is 1.58. The number of nitrogens with zero attached hydrogens (tertiary/aromatic N) is 3. The zero-order chi connectivity index (χ0) is 14.4. The summed E-state index contributed by atoms with van der Waals surface area (Å²) in [5.74, 6) is 0.445. The number of hydrogen-bond acceptors (Lipinski definition) is 5. The van der Waals surface area contributed by atoms with Crippen molar-refractivity contribution < 1.29 is 4.74 Å². The zero-order valence-corrected chi connectivity index (χ0v) is 11.6. The second-order valence-electron chi connectivity index (χ2n) is 4.14. The van der Waals surface area contributed by atoms with Gasteiger partial charge in [-0.15, -0.1) is 0 Å². The van der Waals surface area contributed by atoms with E-state index in [1.54, 1.807) is 12.3 Å². The lowest BCUT2D eigenvalue weighted by molar-refractivity contribution is 0.309. The second kappa shape index (κ2) is 7.02. The van der Waals surface area contributed by atoms with Crippen LogP contribution in [0.2, 0.25) is 5.02 Å². The van der Waals surface area contributed by atoms with Gasteiger partial charge in [-0.2, -0.15) is 5.10 Å². The SMILES string of the molecule is NCCCOc1cnn(Cc2ccncc2Cl)c(=O)c1. The molecule has 2 heterocycles. The molecule has 0 aromatic carbocycles. The molecule has 7 heteroatoms. The topological polar surface area (TPSA) is 83.0 Å². The maximum absolute atomic E-state index is 11.9. The van der Waals surface area contributed by atoms with Crippen molar-refractivity contribution in [2.45, 2.75) is 13.0 Å². The van der Waals surface area contributed by atoms with Crippen LogP contribution < -0.4 is 16.0 Å². The van der Waals surface area contributed by atoms with Gasteiger partial charge in [0.25, 0.3) is 5.56 Å². The van der Waals surface area contributed by atoms with Crippen LogP contribution in [0.3, 0.4) is 0 Å². The van der Waals surface area contributed by atoms with Gasteiger partial charge in [0.15, 0.2) is 0 Å². The predicted octanol–water partition coefficient (Wildman–Crippen LogP) is 1.07. The Hall–Kier alpha value is -1.92. The molecule has 0 aliphatic carbocycles. The van der Waals surface area contributed by atoms with Crippen molar-refractivity contribution in [1.82, 2.24) is 14.8 Å². The van der Waals surface area contributed by atoms with Crippen molar-refractivity contribution in [3.05, 3.63) is 51.7 Å². The van der Waals surface area contributed by atoms with Gasteiger partial charge < -0.3 is 10.5 Å². The molecule has 6 nitrogen and oxygen atoms in total. The Bertz CT molecular complexity index is 630. The van der Waals surface area contributed by atoms with Crippen LogP contribution in [0.25, 0.3) is 0 Å². The van der Waals surface area contributed by atoms with Crippen molar-refractivity contribution in [1.29, 1.82) is 0 Å². The van der Waals surface area contributed by atoms with Crippen molar-refractivity contribution in [2.75, 3.05) is 13.2 Å². The van der Waals surface area contributed by atoms with Crippen LogP contribution >= 0.6 is 11.6 Å². The van der Waals surface area contributed by atoms with Gasteiger partial charge in [0.2, 0.25) is 0 Å². The lowest BCUT2D eigenvalue weighted by Crippen LogP contribution is -2.23. The first kappa shape index (κ1) is 14.5. The van der Waals surface area contributed by atoms with Crippen molar-refractivity contribution in [2.24, 2.45) is 5.73 Å². The van der Waals surface area contributed by atoms with E-state index in [2.05, 4.69) is 10.1 Å². The molecule has 0 saturated carbocycles. The highest BCUT2D eigenvalue weighted by Gasteiger charge is 2.05. The summed E-state index contributed by atoms with van der Waals surface area (Å²) in [6.45, 7) is 1.31. The molecule has 0 saturated heterocycles. The molecule has 0 bridgehead atoms. The van der Waals surface area contributed by atoms with E-state index in [0.717, 1.165) is 12.0 Å². The maximum atomic E-state index is 11.9. The molecule has 0 fully saturated rings. The van der Waals surface area contributed by atoms with Gasteiger partial charge in [-0.1, -0.05) is 11.6 Å². The van der Waals surface area contributed by atoms with Crippen LogP contribution in [0.15, 0.2) is 35.5 Å². The molecular weight excluding hydrogens is 280 g/mol. The first-order valence-corrected chi connectivity index (χ1v) is 6.57. The second-order valence-corrected chi connectivity index (χ2v) is 4.55. The minimum absolute atomic E-state index is 0.247. The van der Waals surface area contributed by atoms with E-state index in [9.17, 15) is 4.79 Å². The molecule has 0 atom stereocenters. The summed E-state index contributed by atoms with van der Waals surface area (Å²) in [5, 5.41) is 4.57. The van der Waals surface area contributed by atoms with Crippen molar-refractivity contribution >= 4 is 11.6 Å². The molecule has 2 aromatic rings. The Balaban J connectivity index is 2.10. The number of rotatable bonds is 6. The highest BCUT2D eigenvalue weighted by molar-refractivity contribution is 6.31. The largest absolute Gasteiger partial charge is 0.492 e. The van der Waals surface area contributed by atoms with Crippen LogP contribution in [0.1, 0.15) is 12.0 Å². The monoisotopic (exact) mass is 294 g/mol. The quantitative estimate of drug-likeness (QED) is 0.806. The van der Waals surface area contributed by atoms with Gasteiger partial charge in [-0.05, 0) is 24.6 Å². The van der Waals surface area contributed by atoms with E-state index < -0.39 is 0 Å². The molecule has 0 radical (unpaired) electrons. The molecule has 2 N–H and O–H groups in total. The average Bonchev–Trinajstić information content (AvgIpc) is 2.44. The molecule has 106 valence electrons. The lowest BCUT2D eigenvalue weighted by atomic mass is 10.3. The van der Waals surface area contributed by atoms with E-state index in [-0.39, 0.29) is 5.56 Å². The summed E-state index contributed by atoms with van der Waals surface area (Å²) < 4.78 is 6.68. The first-order valence-electron chi connectivity index (χ1n) is 6.19. The molecule has 0 spiro atoms. The summed E-state index contributed by atoms with van der Waals surface area (Å²) in [6.07, 6.45) is 5.39. The lowest BCUT2D eigenvalue weighted by Gasteiger charge is -2.08. The van der Waals surface area contributed by atoms with Gasteiger partial charge in [0.1, 0.15) is 5.75 Å². The van der Waals surface area contributed by atoms with Crippen LogP contribution in [-0.4, -0.2) is 27.9 Å². The van der Waals surface area contributed by atoms with Gasteiger partial charge in [0, 0.05) is 18.5 Å². The normalized spacial score (nSPS) is 10.5. The van der Waals surface area contributed by atoms with E-state index in [1.165, 1.54) is 23.1 Å². The third-order valence-electron chi connectivity index (χ3n) is 2.64. The van der Waals surface area contributed by atoms with Crippen LogP contribution in [0.5, 0.6) is 5.75 Å². The Kier molecular flexibility index (Phi) is 5.09. The fourth-order valence-corrected chi connectivity index (χ4v) is 1.76. The molecule has 2 rings (SSSR count). The van der Waals surface area contributed by atoms with E-state index in [0.29, 0.717) is 30.5 Å². The first-order chi connectivity index (χ1) is 9.70. The number of hydrogen-bond donors (Lipinski definition) is 1. The smallest absolute Gasteiger partial charge is 0.270 e. The Labute approximate surface area is 121 Å². The maximum Gasteiger partial charge on any atom is 0.270 e. The number of ether oxygens (including phenoxy) is 1. The highest BCUT2D eigenvalue weighted by atomic mass is 35.5. The predicted molar refractivity (Wildman–Crippen MR) is 76.0 cm³/mol. The summed E-state index contributed by atoms with van der Waals surface area (Å²) in [4.78, 5) is 15.8. The van der Waals surface area contributed by atoms with E-state index in [4.69, 9.17) is 22.1 Å². The van der Waals surface area contributed by atoms with Crippen molar-refractivity contribution in [3.63, 3.8) is 0 Å². The van der Waals surface area contributed by atoms with Crippen molar-refractivity contribution in [3.8, 4) is 5.75 Å². The minimum atomic E-state index is -0.247. The molecule has 20 heavy (non-hydrogen) atoms. The Morgan fingerprint density at radius 3 is 2.95 bits per heavy atom. The third-order valence-corrected chi connectivity index (χ3v) is 2.98. The van der Waals surface area contributed by atoms with Gasteiger partial charge in [-0.25, -0.2) is 4.68 Å². The number of aromatic nitrogens is 3. The molecule has 0 amide bonds. The molecule has 2 aromatic heterocycles. The molecule has 0 aliphatic heterocycles. The Morgan fingerprint density at radius 2 is 2.25 bits per heavy atom. The highest BCUT2D eigenvalue weighted by Crippen LogP contribution is 2.14. The number of nitrogens with two attached hydrogens (primary N) is 1. The van der Waals surface area contributed by atoms with Gasteiger partial charge in [-0.3, -0.25) is 9.78 Å². The summed E-state index contributed by atoms with van der Waals surface area (Å²) in [5.41, 5.74) is 5.91. The van der Waals surface area contributed by atoms with Gasteiger partial charge >= 0.3 is 0 Å². The third kappa shape index (κ3) is 3.79. The van der Waals surface area contributed by atoms with E-state index in [1.807, 2.05) is 0 Å². The Morgan fingerprint density at radius 1 is 1.40 bits per heavy atom. The zero-order valence-electron chi connectivity index (χ0n) is 10.8. The average molecular weight is 295 g/mol. The number of halogens is 1. The van der Waals surface area contributed by atoms with Crippen LogP contribution in [-0.2, 0) is 6.54 Å². The fraction of sp³-hybridized carbons (Fsp3) is 0.308.